The highest BCUT2D eigenvalue weighted by molar-refractivity contribution is 9.10. The van der Waals surface area contributed by atoms with Crippen LogP contribution in [0.25, 0.3) is 0 Å². The molecule has 6 nitrogen and oxygen atoms in total. The Hall–Kier alpha value is -1.76. The van der Waals surface area contributed by atoms with Crippen molar-refractivity contribution in [3.05, 3.63) is 40.2 Å². The van der Waals surface area contributed by atoms with Crippen LogP contribution < -0.4 is 5.32 Å². The fraction of sp³-hybridized carbons (Fsp3) is 0.200. The average molecular weight is 297 g/mol. The zero-order valence-electron chi connectivity index (χ0n) is 8.98. The number of pyridine rings is 1. The van der Waals surface area contributed by atoms with E-state index in [0.717, 1.165) is 0 Å². The number of amides is 1. The van der Waals surface area contributed by atoms with Crippen LogP contribution >= 0.6 is 15.9 Å². The highest BCUT2D eigenvalue weighted by atomic mass is 79.9. The van der Waals surface area contributed by atoms with Crippen molar-refractivity contribution in [2.45, 2.75) is 13.5 Å². The van der Waals surface area contributed by atoms with Crippen molar-refractivity contribution < 1.29 is 9.32 Å². The zero-order chi connectivity index (χ0) is 12.3. The van der Waals surface area contributed by atoms with Gasteiger partial charge < -0.3 is 9.84 Å². The summed E-state index contributed by atoms with van der Waals surface area (Å²) >= 11 is 3.25. The Bertz CT molecular complexity index is 541. The quantitative estimate of drug-likeness (QED) is 0.927. The molecule has 0 saturated carbocycles. The summed E-state index contributed by atoms with van der Waals surface area (Å²) in [5, 5.41) is 6.32. The van der Waals surface area contributed by atoms with Crippen LogP contribution in [0.3, 0.4) is 0 Å². The van der Waals surface area contributed by atoms with Crippen LogP contribution in [0.1, 0.15) is 22.2 Å². The molecule has 2 heterocycles. The Labute approximate surface area is 106 Å². The first-order valence-electron chi connectivity index (χ1n) is 4.84. The van der Waals surface area contributed by atoms with E-state index >= 15 is 0 Å². The number of carbonyl (C=O) groups excluding carboxylic acids is 1. The Morgan fingerprint density at radius 3 is 3.06 bits per heavy atom. The first-order valence-corrected chi connectivity index (χ1v) is 5.64. The summed E-state index contributed by atoms with van der Waals surface area (Å²) in [7, 11) is 0. The van der Waals surface area contributed by atoms with Crippen LogP contribution in [-0.4, -0.2) is 21.0 Å². The topological polar surface area (TPSA) is 80.9 Å². The van der Waals surface area contributed by atoms with Gasteiger partial charge in [-0.1, -0.05) is 5.16 Å². The molecule has 0 aromatic carbocycles. The summed E-state index contributed by atoms with van der Waals surface area (Å²) < 4.78 is 5.43. The van der Waals surface area contributed by atoms with Crippen molar-refractivity contribution in [2.75, 3.05) is 0 Å². The molecule has 0 aliphatic rings. The van der Waals surface area contributed by atoms with Crippen molar-refractivity contribution in [3.8, 4) is 0 Å². The molecule has 0 atom stereocenters. The van der Waals surface area contributed by atoms with Crippen molar-refractivity contribution >= 4 is 21.8 Å². The second-order valence-electron chi connectivity index (χ2n) is 3.25. The van der Waals surface area contributed by atoms with Crippen molar-refractivity contribution in [1.29, 1.82) is 0 Å². The van der Waals surface area contributed by atoms with Crippen molar-refractivity contribution in [3.63, 3.8) is 0 Å². The molecule has 0 aliphatic carbocycles. The number of carbonyl (C=O) groups is 1. The third kappa shape index (κ3) is 2.88. The van der Waals surface area contributed by atoms with Gasteiger partial charge in [0.2, 0.25) is 5.89 Å². The molecule has 2 aromatic heterocycles. The Balaban J connectivity index is 2.01. The standard InChI is InChI=1S/C10H9BrN4O2/c1-6-14-8(15-17-6)5-13-10(16)9-7(11)3-2-4-12-9/h2-4H,5H2,1H3,(H,13,16). The molecule has 0 bridgehead atoms. The van der Waals surface area contributed by atoms with E-state index in [9.17, 15) is 4.79 Å². The fourth-order valence-corrected chi connectivity index (χ4v) is 1.64. The minimum Gasteiger partial charge on any atom is -0.343 e. The second kappa shape index (κ2) is 5.05. The molecule has 0 saturated heterocycles. The lowest BCUT2D eigenvalue weighted by molar-refractivity contribution is 0.0944. The average Bonchev–Trinajstić information content (AvgIpc) is 2.73. The van der Waals surface area contributed by atoms with Crippen molar-refractivity contribution in [1.82, 2.24) is 20.4 Å². The molecule has 7 heteroatoms. The van der Waals surface area contributed by atoms with Gasteiger partial charge in [-0.2, -0.15) is 4.98 Å². The van der Waals surface area contributed by atoms with E-state index in [1.54, 1.807) is 25.3 Å². The summed E-state index contributed by atoms with van der Waals surface area (Å²) in [6.45, 7) is 1.90. The predicted octanol–water partition coefficient (Wildman–Crippen LogP) is 1.47. The number of aromatic nitrogens is 3. The third-order valence-electron chi connectivity index (χ3n) is 1.95. The van der Waals surface area contributed by atoms with Gasteiger partial charge in [0.05, 0.1) is 6.54 Å². The van der Waals surface area contributed by atoms with Gasteiger partial charge in [-0.05, 0) is 28.1 Å². The number of nitrogens with zero attached hydrogens (tertiary/aromatic N) is 3. The summed E-state index contributed by atoms with van der Waals surface area (Å²) in [4.78, 5) is 19.7. The minimum atomic E-state index is -0.292. The largest absolute Gasteiger partial charge is 0.343 e. The maximum absolute atomic E-state index is 11.8. The minimum absolute atomic E-state index is 0.208. The number of aryl methyl sites for hydroxylation is 1. The number of hydrogen-bond acceptors (Lipinski definition) is 5. The van der Waals surface area contributed by atoms with E-state index in [0.29, 0.717) is 21.9 Å². The molecule has 1 amide bonds. The SMILES string of the molecule is Cc1nc(CNC(=O)c2ncccc2Br)no1. The predicted molar refractivity (Wildman–Crippen MR) is 62.1 cm³/mol. The highest BCUT2D eigenvalue weighted by Crippen LogP contribution is 2.12. The number of hydrogen-bond donors (Lipinski definition) is 1. The normalized spacial score (nSPS) is 10.2. The van der Waals surface area contributed by atoms with E-state index in [4.69, 9.17) is 4.52 Å². The molecular weight excluding hydrogens is 288 g/mol. The smallest absolute Gasteiger partial charge is 0.271 e. The molecule has 1 N–H and O–H groups in total. The van der Waals surface area contributed by atoms with Crippen LogP contribution in [0.2, 0.25) is 0 Å². The lowest BCUT2D eigenvalue weighted by atomic mass is 10.3. The molecule has 0 spiro atoms. The van der Waals surface area contributed by atoms with Gasteiger partial charge in [0.25, 0.3) is 5.91 Å². The van der Waals surface area contributed by atoms with E-state index in [1.807, 2.05) is 0 Å². The van der Waals surface area contributed by atoms with Crippen molar-refractivity contribution in [2.24, 2.45) is 0 Å². The summed E-state index contributed by atoms with van der Waals surface area (Å²) in [6.07, 6.45) is 1.55. The van der Waals surface area contributed by atoms with Gasteiger partial charge in [-0.25, -0.2) is 4.98 Å². The first-order chi connectivity index (χ1) is 8.16. The Morgan fingerprint density at radius 2 is 2.41 bits per heavy atom. The van der Waals surface area contributed by atoms with Crippen LogP contribution in [0.15, 0.2) is 27.3 Å². The lowest BCUT2D eigenvalue weighted by Gasteiger charge is -2.02. The number of halogens is 1. The molecule has 2 aromatic rings. The fourth-order valence-electron chi connectivity index (χ4n) is 1.21. The van der Waals surface area contributed by atoms with E-state index in [-0.39, 0.29) is 12.5 Å². The van der Waals surface area contributed by atoms with Gasteiger partial charge in [0.1, 0.15) is 5.69 Å². The van der Waals surface area contributed by atoms with Crippen LogP contribution in [0, 0.1) is 6.92 Å². The van der Waals surface area contributed by atoms with Gasteiger partial charge in [0, 0.05) is 17.6 Å². The number of rotatable bonds is 3. The van der Waals surface area contributed by atoms with Crippen LogP contribution in [0.4, 0.5) is 0 Å². The molecule has 0 fully saturated rings. The summed E-state index contributed by atoms with van der Waals surface area (Å²) in [6, 6.07) is 3.49. The molecule has 88 valence electrons. The van der Waals surface area contributed by atoms with Crippen LogP contribution in [-0.2, 0) is 6.54 Å². The molecule has 0 radical (unpaired) electrons. The summed E-state index contributed by atoms with van der Waals surface area (Å²) in [5.74, 6) is 0.607. The first kappa shape index (κ1) is 11.7. The molecular formula is C10H9BrN4O2. The van der Waals surface area contributed by atoms with E-state index < -0.39 is 0 Å². The van der Waals surface area contributed by atoms with E-state index in [2.05, 4.69) is 36.4 Å². The molecule has 0 aliphatic heterocycles. The van der Waals surface area contributed by atoms with E-state index in [1.165, 1.54) is 0 Å². The number of nitrogens with one attached hydrogen (secondary N) is 1. The van der Waals surface area contributed by atoms with Gasteiger partial charge in [-0.3, -0.25) is 4.79 Å². The van der Waals surface area contributed by atoms with Gasteiger partial charge in [-0.15, -0.1) is 0 Å². The molecule has 0 unspecified atom stereocenters. The highest BCUT2D eigenvalue weighted by Gasteiger charge is 2.11. The Morgan fingerprint density at radius 1 is 1.59 bits per heavy atom. The maximum atomic E-state index is 11.8. The zero-order valence-corrected chi connectivity index (χ0v) is 10.6. The van der Waals surface area contributed by atoms with Crippen LogP contribution in [0.5, 0.6) is 0 Å². The third-order valence-corrected chi connectivity index (χ3v) is 2.59. The molecule has 2 rings (SSSR count). The second-order valence-corrected chi connectivity index (χ2v) is 4.10. The van der Waals surface area contributed by atoms with Gasteiger partial charge >= 0.3 is 0 Å². The lowest BCUT2D eigenvalue weighted by Crippen LogP contribution is -2.24. The maximum Gasteiger partial charge on any atom is 0.271 e. The Kier molecular flexibility index (Phi) is 3.48. The van der Waals surface area contributed by atoms with Gasteiger partial charge in [0.15, 0.2) is 5.82 Å². The summed E-state index contributed by atoms with van der Waals surface area (Å²) in [5.41, 5.74) is 0.327. The molecule has 17 heavy (non-hydrogen) atoms. The monoisotopic (exact) mass is 296 g/mol.